The lowest BCUT2D eigenvalue weighted by Gasteiger charge is -2.42. The third-order valence-electron chi connectivity index (χ3n) is 6.33. The van der Waals surface area contributed by atoms with Crippen molar-refractivity contribution in [2.75, 3.05) is 39.0 Å². The maximum Gasteiger partial charge on any atom is 0.214 e. The molecule has 2 aliphatic rings. The van der Waals surface area contributed by atoms with Crippen LogP contribution in [0.3, 0.4) is 0 Å². The minimum absolute atomic E-state index is 0.176. The molecule has 30 heavy (non-hydrogen) atoms. The third kappa shape index (κ3) is 5.52. The van der Waals surface area contributed by atoms with Gasteiger partial charge in [-0.15, -0.1) is 0 Å². The maximum atomic E-state index is 12.6. The Kier molecular flexibility index (Phi) is 7.75. The second kappa shape index (κ2) is 10.1. The van der Waals surface area contributed by atoms with Crippen molar-refractivity contribution in [2.24, 2.45) is 11.8 Å². The van der Waals surface area contributed by atoms with Crippen LogP contribution in [-0.4, -0.2) is 73.9 Å². The minimum Gasteiger partial charge on any atom is -0.491 e. The van der Waals surface area contributed by atoms with Crippen molar-refractivity contribution in [1.82, 2.24) is 9.21 Å². The van der Waals surface area contributed by atoms with Gasteiger partial charge in [0.1, 0.15) is 18.5 Å². The molecule has 1 aliphatic carbocycles. The van der Waals surface area contributed by atoms with E-state index in [0.717, 1.165) is 19.3 Å². The second-order valence-electron chi connectivity index (χ2n) is 8.62. The number of piperidine rings is 1. The Hall–Kier alpha value is -1.66. The van der Waals surface area contributed by atoms with Gasteiger partial charge in [-0.1, -0.05) is 13.3 Å². The molecule has 0 aromatic heterocycles. The average Bonchev–Trinajstić information content (AvgIpc) is 3.00. The summed E-state index contributed by atoms with van der Waals surface area (Å²) in [4.78, 5) is 2.19. The molecule has 2 bridgehead atoms. The Bertz CT molecular complexity index is 823. The summed E-state index contributed by atoms with van der Waals surface area (Å²) in [7, 11) is -1.15. The number of aliphatic hydroxyl groups is 1. The summed E-state index contributed by atoms with van der Waals surface area (Å²) in [5.41, 5.74) is 0.571. The lowest BCUT2D eigenvalue weighted by atomic mass is 9.92. The molecule has 1 N–H and O–H groups in total. The van der Waals surface area contributed by atoms with Crippen LogP contribution in [0.25, 0.3) is 0 Å². The molecule has 1 aliphatic heterocycles. The first-order chi connectivity index (χ1) is 14.3. The molecule has 166 valence electrons. The number of fused-ring (bicyclic) bond motifs is 2. The molecule has 2 fully saturated rings. The van der Waals surface area contributed by atoms with Gasteiger partial charge in [-0.2, -0.15) is 5.26 Å². The summed E-state index contributed by atoms with van der Waals surface area (Å²) in [6.07, 6.45) is 3.03. The lowest BCUT2D eigenvalue weighted by Crippen LogP contribution is -2.54. The van der Waals surface area contributed by atoms with Gasteiger partial charge in [0, 0.05) is 25.7 Å². The maximum absolute atomic E-state index is 12.6. The smallest absolute Gasteiger partial charge is 0.214 e. The lowest BCUT2D eigenvalue weighted by molar-refractivity contribution is 0.0316. The highest BCUT2D eigenvalue weighted by atomic mass is 32.2. The fourth-order valence-electron chi connectivity index (χ4n) is 4.88. The Morgan fingerprint density at radius 3 is 2.47 bits per heavy atom. The number of likely N-dealkylation sites (N-methyl/N-ethyl adjacent to an activating group) is 1. The first-order valence-corrected chi connectivity index (χ1v) is 12.4. The highest BCUT2D eigenvalue weighted by Crippen LogP contribution is 2.40. The molecule has 3 unspecified atom stereocenters. The quantitative estimate of drug-likeness (QED) is 0.605. The molecular weight excluding hydrogens is 402 g/mol. The summed E-state index contributed by atoms with van der Waals surface area (Å²) in [6.45, 7) is 3.86. The third-order valence-corrected chi connectivity index (χ3v) is 8.22. The number of nitriles is 1. The Morgan fingerprint density at radius 1 is 1.27 bits per heavy atom. The number of sulfonamides is 1. The van der Waals surface area contributed by atoms with Crippen molar-refractivity contribution in [2.45, 2.75) is 44.8 Å². The van der Waals surface area contributed by atoms with Gasteiger partial charge < -0.3 is 14.7 Å². The molecule has 0 amide bonds. The van der Waals surface area contributed by atoms with Gasteiger partial charge in [-0.3, -0.25) is 0 Å². The van der Waals surface area contributed by atoms with Crippen molar-refractivity contribution in [3.05, 3.63) is 29.8 Å². The fourth-order valence-corrected chi connectivity index (χ4v) is 6.63. The molecule has 8 heteroatoms. The molecule has 1 aromatic carbocycles. The zero-order valence-corrected chi connectivity index (χ0v) is 18.7. The van der Waals surface area contributed by atoms with E-state index in [4.69, 9.17) is 10.00 Å². The largest absolute Gasteiger partial charge is 0.491 e. The zero-order chi connectivity index (χ0) is 21.7. The fraction of sp³-hybridized carbons (Fsp3) is 0.682. The van der Waals surface area contributed by atoms with Gasteiger partial charge >= 0.3 is 0 Å². The number of rotatable bonds is 10. The highest BCUT2D eigenvalue weighted by Gasteiger charge is 2.46. The topological polar surface area (TPSA) is 93.9 Å². The van der Waals surface area contributed by atoms with Crippen molar-refractivity contribution in [3.8, 4) is 11.8 Å². The summed E-state index contributed by atoms with van der Waals surface area (Å²) >= 11 is 0. The normalized spacial score (nSPS) is 25.2. The van der Waals surface area contributed by atoms with E-state index < -0.39 is 16.1 Å². The van der Waals surface area contributed by atoms with Crippen molar-refractivity contribution >= 4 is 10.0 Å². The number of unbranched alkanes of at least 4 members (excludes halogenated alkanes) is 1. The van der Waals surface area contributed by atoms with Crippen LogP contribution in [0.2, 0.25) is 0 Å². The van der Waals surface area contributed by atoms with Gasteiger partial charge in [-0.25, -0.2) is 12.7 Å². The molecule has 3 rings (SSSR count). The number of benzene rings is 1. The number of nitrogens with zero attached hydrogens (tertiary/aromatic N) is 3. The van der Waals surface area contributed by atoms with Crippen LogP contribution < -0.4 is 4.74 Å². The zero-order valence-electron chi connectivity index (χ0n) is 17.9. The number of ether oxygens (including phenoxy) is 1. The Morgan fingerprint density at radius 2 is 1.90 bits per heavy atom. The van der Waals surface area contributed by atoms with E-state index in [2.05, 4.69) is 11.0 Å². The molecule has 3 atom stereocenters. The van der Waals surface area contributed by atoms with Crippen LogP contribution >= 0.6 is 0 Å². The molecular formula is C22H33N3O4S. The summed E-state index contributed by atoms with van der Waals surface area (Å²) in [5, 5.41) is 19.3. The van der Waals surface area contributed by atoms with Gasteiger partial charge in [0.15, 0.2) is 0 Å². The van der Waals surface area contributed by atoms with Crippen LogP contribution in [-0.2, 0) is 10.0 Å². The number of hydrogen-bond acceptors (Lipinski definition) is 6. The van der Waals surface area contributed by atoms with Crippen molar-refractivity contribution in [1.29, 1.82) is 5.26 Å². The summed E-state index contributed by atoms with van der Waals surface area (Å²) < 4.78 is 32.6. The predicted octanol–water partition coefficient (Wildman–Crippen LogP) is 2.07. The van der Waals surface area contributed by atoms with E-state index in [9.17, 15) is 13.5 Å². The first-order valence-electron chi connectivity index (χ1n) is 10.8. The van der Waals surface area contributed by atoms with Crippen LogP contribution in [0.5, 0.6) is 5.75 Å². The number of hydrogen-bond donors (Lipinski definition) is 1. The van der Waals surface area contributed by atoms with Crippen molar-refractivity contribution in [3.63, 3.8) is 0 Å². The van der Waals surface area contributed by atoms with Gasteiger partial charge in [-0.05, 0) is 62.4 Å². The molecule has 0 radical (unpaired) electrons. The Labute approximate surface area is 180 Å². The Balaban J connectivity index is 1.51. The van der Waals surface area contributed by atoms with E-state index in [1.807, 2.05) is 14.0 Å². The van der Waals surface area contributed by atoms with Gasteiger partial charge in [0.2, 0.25) is 10.0 Å². The van der Waals surface area contributed by atoms with E-state index in [-0.39, 0.29) is 12.4 Å². The average molecular weight is 436 g/mol. The van der Waals surface area contributed by atoms with Gasteiger partial charge in [0.05, 0.1) is 17.4 Å². The van der Waals surface area contributed by atoms with E-state index in [0.29, 0.717) is 55.2 Å². The summed E-state index contributed by atoms with van der Waals surface area (Å²) in [5.74, 6) is 1.50. The van der Waals surface area contributed by atoms with E-state index in [1.54, 1.807) is 28.6 Å². The van der Waals surface area contributed by atoms with Crippen LogP contribution in [0.1, 0.15) is 38.2 Å². The van der Waals surface area contributed by atoms with Crippen LogP contribution in [0.15, 0.2) is 24.3 Å². The highest BCUT2D eigenvalue weighted by molar-refractivity contribution is 7.89. The van der Waals surface area contributed by atoms with E-state index in [1.165, 1.54) is 0 Å². The van der Waals surface area contributed by atoms with E-state index >= 15 is 0 Å². The standard InChI is InChI=1S/C22H33N3O4S/c1-3-4-11-30(27,28)25-13-18-7-8-19(14-25)22(18)24(2)15-20(26)16-29-21-9-5-17(12-23)6-10-21/h5-6,9-10,18-20,22,26H,3-4,7-8,11,13-16H2,1-2H3. The SMILES string of the molecule is CCCCS(=O)(=O)N1CC2CCC(C1)C2N(C)CC(O)COc1ccc(C#N)cc1. The predicted molar refractivity (Wildman–Crippen MR) is 116 cm³/mol. The molecule has 1 saturated carbocycles. The van der Waals surface area contributed by atoms with Gasteiger partial charge in [0.25, 0.3) is 0 Å². The van der Waals surface area contributed by atoms with Crippen molar-refractivity contribution < 1.29 is 18.3 Å². The molecule has 7 nitrogen and oxygen atoms in total. The monoisotopic (exact) mass is 435 g/mol. The van der Waals surface area contributed by atoms with Crippen LogP contribution in [0, 0.1) is 23.2 Å². The summed E-state index contributed by atoms with van der Waals surface area (Å²) in [6, 6.07) is 9.19. The minimum atomic E-state index is -3.16. The van der Waals surface area contributed by atoms with Crippen LogP contribution in [0.4, 0.5) is 0 Å². The first kappa shape index (κ1) is 23.0. The molecule has 1 saturated heterocycles. The molecule has 1 aromatic rings. The number of aliphatic hydroxyl groups excluding tert-OH is 1. The second-order valence-corrected chi connectivity index (χ2v) is 10.7. The molecule has 1 heterocycles. The molecule has 0 spiro atoms.